The highest BCUT2D eigenvalue weighted by atomic mass is 19.1. The maximum atomic E-state index is 13.7. The Morgan fingerprint density at radius 1 is 1.22 bits per heavy atom. The van der Waals surface area contributed by atoms with Crippen LogP contribution >= 0.6 is 0 Å². The third-order valence-corrected chi connectivity index (χ3v) is 2.38. The Kier molecular flexibility index (Phi) is 3.49. The van der Waals surface area contributed by atoms with E-state index in [9.17, 15) is 8.78 Å². The minimum Gasteiger partial charge on any atom is -0.256 e. The molecule has 0 unspecified atom stereocenters. The Labute approximate surface area is 104 Å². The summed E-state index contributed by atoms with van der Waals surface area (Å²) in [5.41, 5.74) is 1.10. The number of aromatic nitrogens is 1. The standard InChI is InChI=1S/C15H9F2N/c1-2-3-6-12-13(9-11(16)10-14(12)17)15-7-4-5-8-18-15/h1,3-10H/b6-3+. The maximum absolute atomic E-state index is 13.7. The number of terminal acetylenes is 1. The van der Waals surface area contributed by atoms with Gasteiger partial charge in [-0.1, -0.05) is 12.0 Å². The highest BCUT2D eigenvalue weighted by Gasteiger charge is 2.11. The molecule has 0 aliphatic heterocycles. The molecule has 18 heavy (non-hydrogen) atoms. The van der Waals surface area contributed by atoms with Gasteiger partial charge in [0.1, 0.15) is 11.6 Å². The minimum atomic E-state index is -0.665. The third-order valence-electron chi connectivity index (χ3n) is 2.38. The lowest BCUT2D eigenvalue weighted by Crippen LogP contribution is -1.93. The quantitative estimate of drug-likeness (QED) is 0.731. The van der Waals surface area contributed by atoms with Crippen LogP contribution in [0.1, 0.15) is 5.56 Å². The van der Waals surface area contributed by atoms with Crippen LogP contribution < -0.4 is 0 Å². The van der Waals surface area contributed by atoms with Gasteiger partial charge in [0.25, 0.3) is 0 Å². The van der Waals surface area contributed by atoms with Crippen LogP contribution in [0.15, 0.2) is 42.6 Å². The molecule has 88 valence electrons. The van der Waals surface area contributed by atoms with Crippen molar-refractivity contribution in [1.82, 2.24) is 4.98 Å². The first-order chi connectivity index (χ1) is 8.72. The van der Waals surface area contributed by atoms with E-state index in [-0.39, 0.29) is 5.56 Å². The zero-order valence-corrected chi connectivity index (χ0v) is 9.40. The SMILES string of the molecule is C#C/C=C/c1c(F)cc(F)cc1-c1ccccn1. The van der Waals surface area contributed by atoms with Gasteiger partial charge in [0, 0.05) is 23.4 Å². The van der Waals surface area contributed by atoms with Crippen LogP contribution in [-0.2, 0) is 0 Å². The van der Waals surface area contributed by atoms with Gasteiger partial charge in [0.05, 0.1) is 5.69 Å². The highest BCUT2D eigenvalue weighted by Crippen LogP contribution is 2.26. The van der Waals surface area contributed by atoms with E-state index < -0.39 is 11.6 Å². The summed E-state index contributed by atoms with van der Waals surface area (Å²) in [7, 11) is 0. The van der Waals surface area contributed by atoms with Gasteiger partial charge in [-0.15, -0.1) is 6.42 Å². The Bertz CT molecular complexity index is 625. The van der Waals surface area contributed by atoms with Crippen LogP contribution in [0, 0.1) is 24.0 Å². The van der Waals surface area contributed by atoms with Gasteiger partial charge in [-0.25, -0.2) is 8.78 Å². The molecule has 1 nitrogen and oxygen atoms in total. The summed E-state index contributed by atoms with van der Waals surface area (Å²) in [6.07, 6.45) is 9.45. The Morgan fingerprint density at radius 3 is 2.72 bits per heavy atom. The average molecular weight is 241 g/mol. The summed E-state index contributed by atoms with van der Waals surface area (Å²) >= 11 is 0. The Hall–Kier alpha value is -2.47. The second kappa shape index (κ2) is 5.24. The van der Waals surface area contributed by atoms with Crippen molar-refractivity contribution in [1.29, 1.82) is 0 Å². The van der Waals surface area contributed by atoms with Crippen LogP contribution in [0.5, 0.6) is 0 Å². The van der Waals surface area contributed by atoms with E-state index in [0.29, 0.717) is 11.3 Å². The van der Waals surface area contributed by atoms with Crippen molar-refractivity contribution in [2.75, 3.05) is 0 Å². The molecule has 1 aromatic heterocycles. The fraction of sp³-hybridized carbons (Fsp3) is 0. The van der Waals surface area contributed by atoms with Gasteiger partial charge < -0.3 is 0 Å². The van der Waals surface area contributed by atoms with Crippen molar-refractivity contribution in [2.45, 2.75) is 0 Å². The van der Waals surface area contributed by atoms with Gasteiger partial charge in [0.2, 0.25) is 0 Å². The van der Waals surface area contributed by atoms with Crippen LogP contribution in [0.2, 0.25) is 0 Å². The molecule has 3 heteroatoms. The summed E-state index contributed by atoms with van der Waals surface area (Å²) in [6, 6.07) is 7.22. The second-order valence-corrected chi connectivity index (χ2v) is 3.56. The Balaban J connectivity index is 2.66. The lowest BCUT2D eigenvalue weighted by atomic mass is 10.0. The van der Waals surface area contributed by atoms with Crippen LogP contribution in [0.25, 0.3) is 17.3 Å². The first kappa shape index (κ1) is 12.0. The molecule has 2 rings (SSSR count). The van der Waals surface area contributed by atoms with Crippen molar-refractivity contribution in [2.24, 2.45) is 0 Å². The first-order valence-electron chi connectivity index (χ1n) is 5.25. The smallest absolute Gasteiger partial charge is 0.134 e. The monoisotopic (exact) mass is 241 g/mol. The predicted molar refractivity (Wildman–Crippen MR) is 67.5 cm³/mol. The number of allylic oxidation sites excluding steroid dienone is 1. The molecule has 0 saturated carbocycles. The molecule has 0 fully saturated rings. The van der Waals surface area contributed by atoms with Crippen molar-refractivity contribution < 1.29 is 8.78 Å². The van der Waals surface area contributed by atoms with E-state index in [2.05, 4.69) is 10.9 Å². The van der Waals surface area contributed by atoms with Crippen LogP contribution in [0.4, 0.5) is 8.78 Å². The van der Waals surface area contributed by atoms with Gasteiger partial charge in [0.15, 0.2) is 0 Å². The van der Waals surface area contributed by atoms with Gasteiger partial charge >= 0.3 is 0 Å². The number of rotatable bonds is 2. The van der Waals surface area contributed by atoms with E-state index in [1.165, 1.54) is 18.2 Å². The fourth-order valence-electron chi connectivity index (χ4n) is 1.62. The molecule has 0 radical (unpaired) electrons. The Morgan fingerprint density at radius 2 is 2.06 bits per heavy atom. The van der Waals surface area contributed by atoms with E-state index in [1.54, 1.807) is 24.4 Å². The fourth-order valence-corrected chi connectivity index (χ4v) is 1.62. The van der Waals surface area contributed by atoms with E-state index in [0.717, 1.165) is 6.07 Å². The van der Waals surface area contributed by atoms with Crippen molar-refractivity contribution in [3.63, 3.8) is 0 Å². The number of pyridine rings is 1. The third kappa shape index (κ3) is 2.44. The molecule has 0 spiro atoms. The lowest BCUT2D eigenvalue weighted by Gasteiger charge is -2.07. The second-order valence-electron chi connectivity index (χ2n) is 3.56. The largest absolute Gasteiger partial charge is 0.256 e. The summed E-state index contributed by atoms with van der Waals surface area (Å²) in [5, 5.41) is 0. The zero-order valence-electron chi connectivity index (χ0n) is 9.40. The molecule has 2 aromatic rings. The number of hydrogen-bond donors (Lipinski definition) is 0. The van der Waals surface area contributed by atoms with Gasteiger partial charge in [-0.2, -0.15) is 0 Å². The molecule has 0 aliphatic rings. The van der Waals surface area contributed by atoms with E-state index in [1.807, 2.05) is 0 Å². The number of benzene rings is 1. The van der Waals surface area contributed by atoms with E-state index >= 15 is 0 Å². The number of halogens is 2. The average Bonchev–Trinajstić information content (AvgIpc) is 2.38. The lowest BCUT2D eigenvalue weighted by molar-refractivity contribution is 0.582. The highest BCUT2D eigenvalue weighted by molar-refractivity contribution is 5.74. The van der Waals surface area contributed by atoms with Crippen LogP contribution in [-0.4, -0.2) is 4.98 Å². The molecule has 0 aliphatic carbocycles. The molecule has 1 aromatic carbocycles. The maximum Gasteiger partial charge on any atom is 0.134 e. The summed E-state index contributed by atoms with van der Waals surface area (Å²) in [6.45, 7) is 0. The molecule has 1 heterocycles. The predicted octanol–water partition coefficient (Wildman–Crippen LogP) is 3.67. The molecule has 0 bridgehead atoms. The molecule has 0 N–H and O–H groups in total. The topological polar surface area (TPSA) is 12.9 Å². The normalized spacial score (nSPS) is 10.5. The van der Waals surface area contributed by atoms with Crippen LogP contribution in [0.3, 0.4) is 0 Å². The summed E-state index contributed by atoms with van der Waals surface area (Å²) in [4.78, 5) is 4.08. The molecule has 0 saturated heterocycles. The zero-order chi connectivity index (χ0) is 13.0. The van der Waals surface area contributed by atoms with Crippen molar-refractivity contribution in [3.05, 3.63) is 59.8 Å². The number of nitrogens with zero attached hydrogens (tertiary/aromatic N) is 1. The number of hydrogen-bond acceptors (Lipinski definition) is 1. The first-order valence-corrected chi connectivity index (χ1v) is 5.25. The van der Waals surface area contributed by atoms with E-state index in [4.69, 9.17) is 6.42 Å². The molecule has 0 atom stereocenters. The van der Waals surface area contributed by atoms with Gasteiger partial charge in [-0.05, 0) is 30.4 Å². The molecule has 0 amide bonds. The molecular weight excluding hydrogens is 232 g/mol. The molecular formula is C15H9F2N. The summed E-state index contributed by atoms with van der Waals surface area (Å²) < 4.78 is 27.0. The van der Waals surface area contributed by atoms with Crippen molar-refractivity contribution in [3.8, 4) is 23.6 Å². The van der Waals surface area contributed by atoms with Gasteiger partial charge in [-0.3, -0.25) is 4.98 Å². The minimum absolute atomic E-state index is 0.230. The van der Waals surface area contributed by atoms with Crippen molar-refractivity contribution >= 4 is 6.08 Å². The summed E-state index contributed by atoms with van der Waals surface area (Å²) in [5.74, 6) is 0.963.